The predicted octanol–water partition coefficient (Wildman–Crippen LogP) is 2.23. The maximum Gasteiger partial charge on any atom is 0.234 e. The number of hydrogen-bond donors (Lipinski definition) is 2. The van der Waals surface area contributed by atoms with Crippen LogP contribution in [-0.2, 0) is 9.53 Å². The first-order valence-corrected chi connectivity index (χ1v) is 8.03. The molecule has 2 fully saturated rings. The van der Waals surface area contributed by atoms with Gasteiger partial charge in [0, 0.05) is 23.6 Å². The summed E-state index contributed by atoms with van der Waals surface area (Å²) in [5.74, 6) is 0.0884. The summed E-state index contributed by atoms with van der Waals surface area (Å²) in [6.07, 6.45) is 6.55. The third-order valence-electron chi connectivity index (χ3n) is 4.71. The van der Waals surface area contributed by atoms with Gasteiger partial charge in [0.25, 0.3) is 0 Å². The largest absolute Gasteiger partial charge is 0.378 e. The molecule has 2 N–H and O–H groups in total. The summed E-state index contributed by atoms with van der Waals surface area (Å²) in [5.41, 5.74) is 0.148. The lowest BCUT2D eigenvalue weighted by Gasteiger charge is -2.54. The molecule has 116 valence electrons. The van der Waals surface area contributed by atoms with E-state index < -0.39 is 0 Å². The van der Waals surface area contributed by atoms with E-state index in [2.05, 4.69) is 17.6 Å². The van der Waals surface area contributed by atoms with E-state index in [4.69, 9.17) is 4.74 Å². The summed E-state index contributed by atoms with van der Waals surface area (Å²) in [6.45, 7) is 9.32. The summed E-state index contributed by atoms with van der Waals surface area (Å²) in [4.78, 5) is 11.9. The molecule has 2 rings (SSSR count). The summed E-state index contributed by atoms with van der Waals surface area (Å²) in [5, 5.41) is 6.48. The van der Waals surface area contributed by atoms with Crippen molar-refractivity contribution < 1.29 is 9.53 Å². The van der Waals surface area contributed by atoms with Crippen molar-refractivity contribution in [3.8, 4) is 0 Å². The standard InChI is InChI=1S/C16H30N2O2/c1-5-20-13-10-12(16(13)8-6-7-9-16)17-11-14(19)18-15(2,3)4/h12-13,17H,5-11H2,1-4H3,(H,18,19). The van der Waals surface area contributed by atoms with E-state index in [1.165, 1.54) is 25.7 Å². The van der Waals surface area contributed by atoms with E-state index in [9.17, 15) is 4.79 Å². The Morgan fingerprint density at radius 2 is 1.95 bits per heavy atom. The van der Waals surface area contributed by atoms with Crippen molar-refractivity contribution in [3.63, 3.8) is 0 Å². The molecule has 1 amide bonds. The van der Waals surface area contributed by atoms with E-state index in [1.807, 2.05) is 20.8 Å². The Morgan fingerprint density at radius 3 is 2.50 bits per heavy atom. The monoisotopic (exact) mass is 282 g/mol. The molecule has 0 heterocycles. The second-order valence-corrected chi connectivity index (χ2v) is 7.35. The average Bonchev–Trinajstić information content (AvgIpc) is 2.82. The van der Waals surface area contributed by atoms with E-state index >= 15 is 0 Å². The van der Waals surface area contributed by atoms with Gasteiger partial charge in [-0.05, 0) is 47.0 Å². The Balaban J connectivity index is 1.83. The number of rotatable bonds is 5. The minimum Gasteiger partial charge on any atom is -0.378 e. The first-order chi connectivity index (χ1) is 9.37. The summed E-state index contributed by atoms with van der Waals surface area (Å²) >= 11 is 0. The molecule has 1 spiro atoms. The summed E-state index contributed by atoms with van der Waals surface area (Å²) < 4.78 is 5.89. The van der Waals surface area contributed by atoms with Crippen molar-refractivity contribution in [2.75, 3.05) is 13.2 Å². The first kappa shape index (κ1) is 15.8. The molecule has 4 nitrogen and oxygen atoms in total. The second-order valence-electron chi connectivity index (χ2n) is 7.35. The van der Waals surface area contributed by atoms with Crippen LogP contribution in [0, 0.1) is 5.41 Å². The molecule has 2 saturated carbocycles. The van der Waals surface area contributed by atoms with Gasteiger partial charge in [0.05, 0.1) is 12.6 Å². The summed E-state index contributed by atoms with van der Waals surface area (Å²) in [7, 11) is 0. The predicted molar refractivity (Wildman–Crippen MR) is 80.6 cm³/mol. The zero-order valence-electron chi connectivity index (χ0n) is 13.4. The van der Waals surface area contributed by atoms with Gasteiger partial charge in [-0.1, -0.05) is 12.8 Å². The van der Waals surface area contributed by atoms with Gasteiger partial charge in [-0.2, -0.15) is 0 Å². The van der Waals surface area contributed by atoms with Crippen LogP contribution in [0.5, 0.6) is 0 Å². The number of hydrogen-bond acceptors (Lipinski definition) is 3. The second kappa shape index (κ2) is 6.02. The fourth-order valence-corrected chi connectivity index (χ4v) is 3.85. The molecule has 0 aromatic heterocycles. The lowest BCUT2D eigenvalue weighted by Crippen LogP contribution is -2.64. The molecule has 0 aromatic rings. The Kier molecular flexibility index (Phi) is 4.75. The van der Waals surface area contributed by atoms with Gasteiger partial charge in [-0.3, -0.25) is 4.79 Å². The zero-order valence-corrected chi connectivity index (χ0v) is 13.4. The minimum atomic E-state index is -0.155. The third-order valence-corrected chi connectivity index (χ3v) is 4.71. The molecule has 0 radical (unpaired) electrons. The van der Waals surface area contributed by atoms with Crippen LogP contribution in [0.4, 0.5) is 0 Å². The van der Waals surface area contributed by atoms with E-state index in [1.54, 1.807) is 0 Å². The van der Waals surface area contributed by atoms with Crippen LogP contribution >= 0.6 is 0 Å². The number of amides is 1. The molecular formula is C16H30N2O2. The molecule has 0 bridgehead atoms. The van der Waals surface area contributed by atoms with Crippen molar-refractivity contribution in [1.82, 2.24) is 10.6 Å². The highest BCUT2D eigenvalue weighted by Gasteiger charge is 2.56. The first-order valence-electron chi connectivity index (χ1n) is 8.03. The maximum absolute atomic E-state index is 11.9. The van der Waals surface area contributed by atoms with Crippen LogP contribution in [0.25, 0.3) is 0 Å². The van der Waals surface area contributed by atoms with Gasteiger partial charge in [0.2, 0.25) is 5.91 Å². The normalized spacial score (nSPS) is 28.4. The molecule has 2 aliphatic rings. The average molecular weight is 282 g/mol. The van der Waals surface area contributed by atoms with Crippen molar-refractivity contribution in [1.29, 1.82) is 0 Å². The van der Waals surface area contributed by atoms with Crippen LogP contribution in [0.15, 0.2) is 0 Å². The van der Waals surface area contributed by atoms with Crippen molar-refractivity contribution in [2.24, 2.45) is 5.41 Å². The van der Waals surface area contributed by atoms with Crippen LogP contribution in [0.2, 0.25) is 0 Å². The number of carbonyl (C=O) groups is 1. The molecule has 20 heavy (non-hydrogen) atoms. The highest BCUT2D eigenvalue weighted by molar-refractivity contribution is 5.78. The summed E-state index contributed by atoms with van der Waals surface area (Å²) in [6, 6.07) is 0.451. The molecule has 0 aromatic carbocycles. The van der Waals surface area contributed by atoms with Crippen molar-refractivity contribution in [3.05, 3.63) is 0 Å². The van der Waals surface area contributed by atoms with Crippen LogP contribution in [0.1, 0.15) is 59.8 Å². The van der Waals surface area contributed by atoms with Gasteiger partial charge in [0.1, 0.15) is 0 Å². The Labute approximate surface area is 123 Å². The molecule has 4 heteroatoms. The lowest BCUT2D eigenvalue weighted by atomic mass is 9.60. The van der Waals surface area contributed by atoms with Crippen molar-refractivity contribution in [2.45, 2.75) is 77.5 Å². The maximum atomic E-state index is 11.9. The molecule has 0 aliphatic heterocycles. The minimum absolute atomic E-state index is 0.0884. The zero-order chi connectivity index (χ0) is 14.8. The van der Waals surface area contributed by atoms with Gasteiger partial charge in [0.15, 0.2) is 0 Å². The number of nitrogens with one attached hydrogen (secondary N) is 2. The quantitative estimate of drug-likeness (QED) is 0.813. The number of carbonyl (C=O) groups excluding carboxylic acids is 1. The third kappa shape index (κ3) is 3.34. The topological polar surface area (TPSA) is 50.4 Å². The smallest absolute Gasteiger partial charge is 0.234 e. The fourth-order valence-electron chi connectivity index (χ4n) is 3.85. The van der Waals surface area contributed by atoms with Gasteiger partial charge < -0.3 is 15.4 Å². The van der Waals surface area contributed by atoms with Crippen LogP contribution in [0.3, 0.4) is 0 Å². The highest BCUT2D eigenvalue weighted by Crippen LogP contribution is 2.54. The molecule has 2 unspecified atom stereocenters. The Hall–Kier alpha value is -0.610. The fraction of sp³-hybridized carbons (Fsp3) is 0.938. The molecule has 2 aliphatic carbocycles. The SMILES string of the molecule is CCOC1CC(NCC(=O)NC(C)(C)C)C12CCCC2. The Morgan fingerprint density at radius 1 is 1.30 bits per heavy atom. The molecular weight excluding hydrogens is 252 g/mol. The van der Waals surface area contributed by atoms with Crippen LogP contribution in [-0.4, -0.2) is 36.7 Å². The van der Waals surface area contributed by atoms with Gasteiger partial charge >= 0.3 is 0 Å². The van der Waals surface area contributed by atoms with E-state index in [0.29, 0.717) is 24.1 Å². The highest BCUT2D eigenvalue weighted by atomic mass is 16.5. The lowest BCUT2D eigenvalue weighted by molar-refractivity contribution is -0.135. The van der Waals surface area contributed by atoms with Gasteiger partial charge in [-0.15, -0.1) is 0 Å². The number of ether oxygens (including phenoxy) is 1. The van der Waals surface area contributed by atoms with Crippen LogP contribution < -0.4 is 10.6 Å². The van der Waals surface area contributed by atoms with E-state index in [0.717, 1.165) is 13.0 Å². The van der Waals surface area contributed by atoms with E-state index in [-0.39, 0.29) is 11.4 Å². The Bertz CT molecular complexity index is 343. The van der Waals surface area contributed by atoms with Crippen molar-refractivity contribution >= 4 is 5.91 Å². The van der Waals surface area contributed by atoms with Gasteiger partial charge in [-0.25, -0.2) is 0 Å². The molecule has 2 atom stereocenters. The molecule has 0 saturated heterocycles.